The van der Waals surface area contributed by atoms with Gasteiger partial charge in [-0.3, -0.25) is 4.79 Å². The minimum absolute atomic E-state index is 0.0164. The SMILES string of the molecule is CCN(C(=O)c1ccc(CNc2nc(NC3CCCCC3)nc(N3CCc4cc(OC)c(OC)cc4C3)n2)cc1)c1cccc(C)c1. The van der Waals surface area contributed by atoms with Crippen LogP contribution in [0.1, 0.15) is 71.6 Å². The third-order valence-corrected chi connectivity index (χ3v) is 9.09. The molecule has 0 atom stereocenters. The summed E-state index contributed by atoms with van der Waals surface area (Å²) in [6.45, 7) is 6.57. The van der Waals surface area contributed by atoms with Gasteiger partial charge in [-0.05, 0) is 91.8 Å². The third kappa shape index (κ3) is 7.59. The van der Waals surface area contributed by atoms with Crippen LogP contribution in [0.3, 0.4) is 0 Å². The topological polar surface area (TPSA) is 105 Å². The van der Waals surface area contributed by atoms with Crippen LogP contribution in [0.25, 0.3) is 0 Å². The molecule has 10 nitrogen and oxygen atoms in total. The number of ether oxygens (including phenoxy) is 2. The minimum Gasteiger partial charge on any atom is -0.493 e. The zero-order valence-corrected chi connectivity index (χ0v) is 27.9. The first-order valence-electron chi connectivity index (χ1n) is 16.7. The Balaban J connectivity index is 1.19. The standard InChI is InChI=1S/C37H45N7O3/c1-5-44(31-13-9-10-25(2)20-31)34(45)27-16-14-26(15-17-27)23-38-35-40-36(39-30-11-7-6-8-12-30)42-37(41-35)43-19-18-28-21-32(46-3)33(47-4)22-29(28)24-43/h9-10,13-17,20-22,30H,5-8,11-12,18-19,23-24H2,1-4H3,(H2,38,39,40,41,42). The Labute approximate surface area is 277 Å². The number of nitrogens with one attached hydrogen (secondary N) is 2. The van der Waals surface area contributed by atoms with Crippen LogP contribution in [0.5, 0.6) is 11.5 Å². The summed E-state index contributed by atoms with van der Waals surface area (Å²) in [5, 5.41) is 7.02. The molecule has 2 heterocycles. The molecule has 10 heteroatoms. The summed E-state index contributed by atoms with van der Waals surface area (Å²) in [4.78, 5) is 31.9. The molecule has 0 spiro atoms. The number of hydrogen-bond donors (Lipinski definition) is 2. The summed E-state index contributed by atoms with van der Waals surface area (Å²) >= 11 is 0. The summed E-state index contributed by atoms with van der Waals surface area (Å²) in [6.07, 6.45) is 6.80. The van der Waals surface area contributed by atoms with Crippen molar-refractivity contribution in [2.75, 3.05) is 47.7 Å². The quantitative estimate of drug-likeness (QED) is 0.184. The summed E-state index contributed by atoms with van der Waals surface area (Å²) in [6, 6.07) is 20.3. The number of rotatable bonds is 11. The van der Waals surface area contributed by atoms with E-state index in [9.17, 15) is 4.79 Å². The first-order valence-corrected chi connectivity index (χ1v) is 16.7. The number of aryl methyl sites for hydroxylation is 1. The Hall–Kier alpha value is -4.86. The summed E-state index contributed by atoms with van der Waals surface area (Å²) in [5.41, 5.74) is 6.12. The van der Waals surface area contributed by atoms with Crippen LogP contribution in [-0.4, -0.2) is 54.2 Å². The normalized spacial score (nSPS) is 14.7. The lowest BCUT2D eigenvalue weighted by molar-refractivity contribution is 0.0988. The van der Waals surface area contributed by atoms with E-state index in [0.29, 0.717) is 49.1 Å². The second-order valence-corrected chi connectivity index (χ2v) is 12.3. The van der Waals surface area contributed by atoms with Crippen LogP contribution in [0.2, 0.25) is 0 Å². The fourth-order valence-corrected chi connectivity index (χ4v) is 6.47. The van der Waals surface area contributed by atoms with E-state index in [2.05, 4.69) is 27.7 Å². The van der Waals surface area contributed by atoms with Gasteiger partial charge < -0.3 is 29.9 Å². The van der Waals surface area contributed by atoms with Crippen molar-refractivity contribution >= 4 is 29.4 Å². The molecule has 1 aliphatic heterocycles. The number of methoxy groups -OCH3 is 2. The fraction of sp³-hybridized carbons (Fsp3) is 0.405. The fourth-order valence-electron chi connectivity index (χ4n) is 6.47. The lowest BCUT2D eigenvalue weighted by atomic mass is 9.96. The number of aromatic nitrogens is 3. The molecule has 0 saturated heterocycles. The van der Waals surface area contributed by atoms with E-state index in [1.807, 2.05) is 62.4 Å². The number of benzene rings is 3. The molecule has 6 rings (SSSR count). The molecule has 2 aliphatic rings. The van der Waals surface area contributed by atoms with E-state index in [1.54, 1.807) is 19.1 Å². The van der Waals surface area contributed by atoms with Crippen LogP contribution >= 0.6 is 0 Å². The number of anilines is 4. The van der Waals surface area contributed by atoms with Crippen molar-refractivity contribution < 1.29 is 14.3 Å². The molecule has 1 saturated carbocycles. The van der Waals surface area contributed by atoms with Crippen LogP contribution in [0.4, 0.5) is 23.5 Å². The van der Waals surface area contributed by atoms with Crippen molar-refractivity contribution in [2.45, 2.75) is 71.5 Å². The van der Waals surface area contributed by atoms with Crippen molar-refractivity contribution in [1.82, 2.24) is 15.0 Å². The van der Waals surface area contributed by atoms with Crippen molar-refractivity contribution in [1.29, 1.82) is 0 Å². The highest BCUT2D eigenvalue weighted by Gasteiger charge is 2.24. The van der Waals surface area contributed by atoms with Gasteiger partial charge in [0.05, 0.1) is 14.2 Å². The van der Waals surface area contributed by atoms with E-state index < -0.39 is 0 Å². The predicted molar refractivity (Wildman–Crippen MR) is 187 cm³/mol. The van der Waals surface area contributed by atoms with E-state index in [1.165, 1.54) is 30.4 Å². The first kappa shape index (κ1) is 32.1. The van der Waals surface area contributed by atoms with Gasteiger partial charge in [0, 0.05) is 43.5 Å². The van der Waals surface area contributed by atoms with Crippen LogP contribution in [0, 0.1) is 6.92 Å². The van der Waals surface area contributed by atoms with E-state index >= 15 is 0 Å². The zero-order valence-electron chi connectivity index (χ0n) is 27.9. The van der Waals surface area contributed by atoms with Crippen molar-refractivity contribution in [3.63, 3.8) is 0 Å². The molecule has 0 bridgehead atoms. The zero-order chi connectivity index (χ0) is 32.8. The Morgan fingerprint density at radius 2 is 1.64 bits per heavy atom. The maximum atomic E-state index is 13.4. The Kier molecular flexibility index (Phi) is 10.0. The highest BCUT2D eigenvalue weighted by molar-refractivity contribution is 6.06. The second-order valence-electron chi connectivity index (χ2n) is 12.3. The van der Waals surface area contributed by atoms with Gasteiger partial charge in [0.2, 0.25) is 17.8 Å². The van der Waals surface area contributed by atoms with Gasteiger partial charge in [-0.1, -0.05) is 43.5 Å². The Morgan fingerprint density at radius 1 is 0.915 bits per heavy atom. The maximum absolute atomic E-state index is 13.4. The average Bonchev–Trinajstić information content (AvgIpc) is 3.10. The molecular weight excluding hydrogens is 590 g/mol. The maximum Gasteiger partial charge on any atom is 0.258 e. The van der Waals surface area contributed by atoms with Gasteiger partial charge >= 0.3 is 0 Å². The number of carbonyl (C=O) groups is 1. The summed E-state index contributed by atoms with van der Waals surface area (Å²) in [7, 11) is 3.33. The highest BCUT2D eigenvalue weighted by atomic mass is 16.5. The van der Waals surface area contributed by atoms with Crippen molar-refractivity contribution in [3.05, 3.63) is 88.5 Å². The molecule has 1 aromatic heterocycles. The Bertz CT molecular complexity index is 1690. The number of hydrogen-bond acceptors (Lipinski definition) is 9. The van der Waals surface area contributed by atoms with Crippen molar-refractivity contribution in [2.24, 2.45) is 0 Å². The summed E-state index contributed by atoms with van der Waals surface area (Å²) < 4.78 is 11.1. The average molecular weight is 636 g/mol. The van der Waals surface area contributed by atoms with Crippen LogP contribution in [0.15, 0.2) is 60.7 Å². The van der Waals surface area contributed by atoms with E-state index in [-0.39, 0.29) is 5.91 Å². The molecule has 246 valence electrons. The van der Waals surface area contributed by atoms with Gasteiger partial charge in [-0.25, -0.2) is 0 Å². The lowest BCUT2D eigenvalue weighted by Crippen LogP contribution is -2.33. The molecule has 2 N–H and O–H groups in total. The summed E-state index contributed by atoms with van der Waals surface area (Å²) in [5.74, 6) is 3.20. The third-order valence-electron chi connectivity index (χ3n) is 9.09. The first-order chi connectivity index (χ1) is 22.9. The highest BCUT2D eigenvalue weighted by Crippen LogP contribution is 2.34. The van der Waals surface area contributed by atoms with Gasteiger partial charge in [0.25, 0.3) is 5.91 Å². The molecule has 4 aromatic rings. The molecule has 1 fully saturated rings. The molecule has 47 heavy (non-hydrogen) atoms. The monoisotopic (exact) mass is 635 g/mol. The van der Waals surface area contributed by atoms with Gasteiger partial charge in [0.15, 0.2) is 11.5 Å². The van der Waals surface area contributed by atoms with Crippen LogP contribution in [-0.2, 0) is 19.5 Å². The van der Waals surface area contributed by atoms with Crippen molar-refractivity contribution in [3.8, 4) is 11.5 Å². The van der Waals surface area contributed by atoms with E-state index in [0.717, 1.165) is 54.1 Å². The van der Waals surface area contributed by atoms with Crippen LogP contribution < -0.4 is 29.9 Å². The minimum atomic E-state index is -0.0164. The predicted octanol–water partition coefficient (Wildman–Crippen LogP) is 6.78. The number of amides is 1. The molecule has 3 aromatic carbocycles. The number of nitrogens with zero attached hydrogens (tertiary/aromatic N) is 5. The number of fused-ring (bicyclic) bond motifs is 1. The second kappa shape index (κ2) is 14.7. The molecule has 0 radical (unpaired) electrons. The largest absolute Gasteiger partial charge is 0.493 e. The number of carbonyl (C=O) groups excluding carboxylic acids is 1. The van der Waals surface area contributed by atoms with Gasteiger partial charge in [0.1, 0.15) is 0 Å². The molecular formula is C37H45N7O3. The lowest BCUT2D eigenvalue weighted by Gasteiger charge is -2.30. The van der Waals surface area contributed by atoms with Gasteiger partial charge in [-0.15, -0.1) is 0 Å². The smallest absolute Gasteiger partial charge is 0.258 e. The van der Waals surface area contributed by atoms with Gasteiger partial charge in [-0.2, -0.15) is 15.0 Å². The molecule has 1 amide bonds. The van der Waals surface area contributed by atoms with E-state index in [4.69, 9.17) is 24.4 Å². The Morgan fingerprint density at radius 3 is 2.34 bits per heavy atom. The molecule has 1 aliphatic carbocycles. The molecule has 0 unspecified atom stereocenters.